The number of carbonyl (C=O) groups excluding carboxylic acids is 2. The molecular weight excluding hydrogens is 346 g/mol. The van der Waals surface area contributed by atoms with Crippen molar-refractivity contribution in [2.45, 2.75) is 0 Å². The van der Waals surface area contributed by atoms with Crippen LogP contribution in [0.4, 0.5) is 5.69 Å². The van der Waals surface area contributed by atoms with Crippen LogP contribution in [-0.4, -0.2) is 18.8 Å². The van der Waals surface area contributed by atoms with Crippen molar-refractivity contribution >= 4 is 34.8 Å². The van der Waals surface area contributed by atoms with Crippen molar-refractivity contribution in [1.29, 1.82) is 0 Å². The number of hydrogen-bond acceptors (Lipinski definition) is 4. The highest BCUT2D eigenvalue weighted by atomic mass is 32.1. The number of benzene rings is 2. The summed E-state index contributed by atoms with van der Waals surface area (Å²) in [6.07, 6.45) is 3.28. The summed E-state index contributed by atoms with van der Waals surface area (Å²) in [5.74, 6) is 0.506. The van der Waals surface area contributed by atoms with Gasteiger partial charge in [-0.05, 0) is 59.5 Å². The van der Waals surface area contributed by atoms with Gasteiger partial charge in [0.25, 0.3) is 5.91 Å². The Morgan fingerprint density at radius 3 is 2.35 bits per heavy atom. The normalized spacial score (nSPS) is 10.7. The molecule has 0 saturated carbocycles. The predicted molar refractivity (Wildman–Crippen MR) is 105 cm³/mol. The molecule has 0 aliphatic heterocycles. The number of anilines is 1. The molecule has 0 aliphatic rings. The van der Waals surface area contributed by atoms with Gasteiger partial charge in [0, 0.05) is 11.3 Å². The first-order chi connectivity index (χ1) is 12.7. The first-order valence-corrected chi connectivity index (χ1v) is 8.85. The van der Waals surface area contributed by atoms with E-state index in [4.69, 9.17) is 4.74 Å². The average molecular weight is 363 g/mol. The zero-order valence-electron chi connectivity index (χ0n) is 14.1. The van der Waals surface area contributed by atoms with Gasteiger partial charge in [0.15, 0.2) is 5.78 Å². The molecule has 5 heteroatoms. The molecule has 1 aromatic heterocycles. The van der Waals surface area contributed by atoms with E-state index < -0.39 is 0 Å². The summed E-state index contributed by atoms with van der Waals surface area (Å²) in [5, 5.41) is 4.71. The number of rotatable bonds is 6. The van der Waals surface area contributed by atoms with Gasteiger partial charge in [0.2, 0.25) is 0 Å². The number of ether oxygens (including phenoxy) is 1. The number of ketones is 1. The Kier molecular flexibility index (Phi) is 5.61. The molecule has 1 amide bonds. The molecule has 0 unspecified atom stereocenters. The Hall–Kier alpha value is -3.18. The highest BCUT2D eigenvalue weighted by Gasteiger charge is 2.06. The fourth-order valence-electron chi connectivity index (χ4n) is 2.30. The van der Waals surface area contributed by atoms with Crippen LogP contribution in [0, 0.1) is 0 Å². The standard InChI is InChI=1S/C21H17NO3S/c1-25-18-11-7-16(8-12-18)19(23)13-6-15-4-9-17(10-5-15)22-21(24)20-3-2-14-26-20/h2-14H,1H3,(H,22,24). The predicted octanol–water partition coefficient (Wildman–Crippen LogP) is 4.91. The molecule has 130 valence electrons. The molecular formula is C21H17NO3S. The van der Waals surface area contributed by atoms with Gasteiger partial charge in [-0.25, -0.2) is 0 Å². The lowest BCUT2D eigenvalue weighted by Gasteiger charge is -2.04. The van der Waals surface area contributed by atoms with E-state index >= 15 is 0 Å². The summed E-state index contributed by atoms with van der Waals surface area (Å²) >= 11 is 1.40. The Morgan fingerprint density at radius 1 is 1.00 bits per heavy atom. The van der Waals surface area contributed by atoms with Gasteiger partial charge in [-0.15, -0.1) is 11.3 Å². The Balaban J connectivity index is 1.62. The van der Waals surface area contributed by atoms with Crippen LogP contribution in [0.3, 0.4) is 0 Å². The van der Waals surface area contributed by atoms with Crippen LogP contribution in [0.1, 0.15) is 25.6 Å². The van der Waals surface area contributed by atoms with Crippen LogP contribution in [0.2, 0.25) is 0 Å². The number of nitrogens with one attached hydrogen (secondary N) is 1. The van der Waals surface area contributed by atoms with Gasteiger partial charge in [-0.2, -0.15) is 0 Å². The minimum Gasteiger partial charge on any atom is -0.497 e. The van der Waals surface area contributed by atoms with Crippen molar-refractivity contribution < 1.29 is 14.3 Å². The number of thiophene rings is 1. The summed E-state index contributed by atoms with van der Waals surface area (Å²) in [5.41, 5.74) is 2.19. The molecule has 0 aliphatic carbocycles. The largest absolute Gasteiger partial charge is 0.497 e. The summed E-state index contributed by atoms with van der Waals surface area (Å²) in [4.78, 5) is 24.9. The third-order valence-electron chi connectivity index (χ3n) is 3.72. The molecule has 0 fully saturated rings. The monoisotopic (exact) mass is 363 g/mol. The minimum atomic E-state index is -0.127. The van der Waals surface area contributed by atoms with E-state index in [1.54, 1.807) is 43.5 Å². The Labute approximate surface area is 155 Å². The molecule has 3 rings (SSSR count). The molecule has 2 aromatic carbocycles. The maximum absolute atomic E-state index is 12.2. The third-order valence-corrected chi connectivity index (χ3v) is 4.58. The first kappa shape index (κ1) is 17.6. The molecule has 0 spiro atoms. The summed E-state index contributed by atoms with van der Waals surface area (Å²) in [6, 6.07) is 17.9. The second kappa shape index (κ2) is 8.27. The SMILES string of the molecule is COc1ccc(C(=O)C=Cc2ccc(NC(=O)c3cccs3)cc2)cc1. The smallest absolute Gasteiger partial charge is 0.265 e. The van der Waals surface area contributed by atoms with E-state index in [0.717, 1.165) is 5.56 Å². The Bertz CT molecular complexity index is 911. The number of hydrogen-bond donors (Lipinski definition) is 1. The zero-order valence-corrected chi connectivity index (χ0v) is 15.0. The van der Waals surface area contributed by atoms with E-state index in [-0.39, 0.29) is 11.7 Å². The molecule has 0 atom stereocenters. The molecule has 0 bridgehead atoms. The van der Waals surface area contributed by atoms with Crippen LogP contribution < -0.4 is 10.1 Å². The van der Waals surface area contributed by atoms with Crippen molar-refractivity contribution in [1.82, 2.24) is 0 Å². The van der Waals surface area contributed by atoms with Gasteiger partial charge >= 0.3 is 0 Å². The average Bonchev–Trinajstić information content (AvgIpc) is 3.22. The highest BCUT2D eigenvalue weighted by molar-refractivity contribution is 7.12. The van der Waals surface area contributed by atoms with Crippen molar-refractivity contribution in [3.8, 4) is 5.75 Å². The van der Waals surface area contributed by atoms with Crippen molar-refractivity contribution in [2.75, 3.05) is 12.4 Å². The molecule has 26 heavy (non-hydrogen) atoms. The van der Waals surface area contributed by atoms with E-state index in [2.05, 4.69) is 5.32 Å². The number of methoxy groups -OCH3 is 1. The number of carbonyl (C=O) groups is 2. The van der Waals surface area contributed by atoms with Crippen LogP contribution in [-0.2, 0) is 0 Å². The lowest BCUT2D eigenvalue weighted by Crippen LogP contribution is -2.09. The quantitative estimate of drug-likeness (QED) is 0.500. The van der Waals surface area contributed by atoms with Gasteiger partial charge in [-0.3, -0.25) is 9.59 Å². The minimum absolute atomic E-state index is 0.0808. The fraction of sp³-hybridized carbons (Fsp3) is 0.0476. The van der Waals surface area contributed by atoms with Gasteiger partial charge < -0.3 is 10.1 Å². The third kappa shape index (κ3) is 4.46. The van der Waals surface area contributed by atoms with E-state index in [1.807, 2.05) is 35.7 Å². The van der Waals surface area contributed by atoms with Crippen molar-refractivity contribution in [3.05, 3.63) is 88.1 Å². The molecule has 0 saturated heterocycles. The molecule has 0 radical (unpaired) electrons. The van der Waals surface area contributed by atoms with Crippen molar-refractivity contribution in [2.24, 2.45) is 0 Å². The second-order valence-electron chi connectivity index (χ2n) is 5.48. The maximum Gasteiger partial charge on any atom is 0.265 e. The van der Waals surface area contributed by atoms with Gasteiger partial charge in [0.05, 0.1) is 12.0 Å². The van der Waals surface area contributed by atoms with Crippen LogP contribution >= 0.6 is 11.3 Å². The Morgan fingerprint density at radius 2 is 1.73 bits per heavy atom. The lowest BCUT2D eigenvalue weighted by molar-refractivity contribution is 0.102. The van der Waals surface area contributed by atoms with Crippen LogP contribution in [0.25, 0.3) is 6.08 Å². The summed E-state index contributed by atoms with van der Waals surface area (Å²) in [7, 11) is 1.59. The van der Waals surface area contributed by atoms with Crippen LogP contribution in [0.5, 0.6) is 5.75 Å². The zero-order chi connectivity index (χ0) is 18.4. The van der Waals surface area contributed by atoms with E-state index in [0.29, 0.717) is 21.9 Å². The van der Waals surface area contributed by atoms with Crippen LogP contribution in [0.15, 0.2) is 72.1 Å². The maximum atomic E-state index is 12.2. The second-order valence-corrected chi connectivity index (χ2v) is 6.43. The van der Waals surface area contributed by atoms with E-state index in [1.165, 1.54) is 17.4 Å². The van der Waals surface area contributed by atoms with Gasteiger partial charge in [0.1, 0.15) is 5.75 Å². The summed E-state index contributed by atoms with van der Waals surface area (Å²) < 4.78 is 5.08. The fourth-order valence-corrected chi connectivity index (χ4v) is 2.92. The summed E-state index contributed by atoms with van der Waals surface area (Å²) in [6.45, 7) is 0. The van der Waals surface area contributed by atoms with Crippen molar-refractivity contribution in [3.63, 3.8) is 0 Å². The van der Waals surface area contributed by atoms with E-state index in [9.17, 15) is 9.59 Å². The first-order valence-electron chi connectivity index (χ1n) is 7.97. The molecule has 3 aromatic rings. The topological polar surface area (TPSA) is 55.4 Å². The number of amides is 1. The molecule has 1 heterocycles. The highest BCUT2D eigenvalue weighted by Crippen LogP contribution is 2.16. The van der Waals surface area contributed by atoms with Gasteiger partial charge in [-0.1, -0.05) is 24.3 Å². The lowest BCUT2D eigenvalue weighted by atomic mass is 10.1. The molecule has 4 nitrogen and oxygen atoms in total. The molecule has 1 N–H and O–H groups in total. The number of allylic oxidation sites excluding steroid dienone is 1.